The Bertz CT molecular complexity index is 353. The summed E-state index contributed by atoms with van der Waals surface area (Å²) in [5, 5.41) is 0. The zero-order valence-corrected chi connectivity index (χ0v) is 9.41. The first-order valence-electron chi connectivity index (χ1n) is 4.95. The lowest BCUT2D eigenvalue weighted by atomic mass is 10.1. The first-order chi connectivity index (χ1) is 6.94. The van der Waals surface area contributed by atoms with Crippen molar-refractivity contribution in [1.29, 1.82) is 0 Å². The quantitative estimate of drug-likeness (QED) is 0.755. The Kier molecular flexibility index (Phi) is 3.48. The highest BCUT2D eigenvalue weighted by molar-refractivity contribution is 5.91. The number of hydrogen-bond acceptors (Lipinski definition) is 3. The number of esters is 1. The predicted molar refractivity (Wildman–Crippen MR) is 59.5 cm³/mol. The Balaban J connectivity index is 2.91. The van der Waals surface area contributed by atoms with Crippen molar-refractivity contribution in [2.45, 2.75) is 32.9 Å². The number of ether oxygens (including phenoxy) is 1. The summed E-state index contributed by atoms with van der Waals surface area (Å²) in [5.74, 6) is -0.316. The molecule has 0 saturated carbocycles. The maximum absolute atomic E-state index is 11.8. The molecular weight excluding hydrogens is 190 g/mol. The fourth-order valence-corrected chi connectivity index (χ4v) is 1.23. The standard InChI is InChI=1S/C12H17NO2/c1-12(2,3)15-11(14)10-7-5-4-6-9(10)8-13/h4-7H,8,13H2,1-3H3. The zero-order valence-electron chi connectivity index (χ0n) is 9.41. The van der Waals surface area contributed by atoms with E-state index < -0.39 is 5.60 Å². The van der Waals surface area contributed by atoms with Gasteiger partial charge in [0.2, 0.25) is 0 Å². The Morgan fingerprint density at radius 1 is 1.33 bits per heavy atom. The normalized spacial score (nSPS) is 11.2. The molecule has 0 radical (unpaired) electrons. The van der Waals surface area contributed by atoms with Gasteiger partial charge in [-0.2, -0.15) is 0 Å². The molecule has 0 fully saturated rings. The van der Waals surface area contributed by atoms with Crippen LogP contribution in [-0.2, 0) is 11.3 Å². The van der Waals surface area contributed by atoms with Crippen molar-refractivity contribution in [1.82, 2.24) is 0 Å². The van der Waals surface area contributed by atoms with Crippen LogP contribution in [0.1, 0.15) is 36.7 Å². The van der Waals surface area contributed by atoms with Crippen LogP contribution in [0.15, 0.2) is 24.3 Å². The molecule has 1 rings (SSSR count). The van der Waals surface area contributed by atoms with Gasteiger partial charge in [-0.25, -0.2) is 4.79 Å². The monoisotopic (exact) mass is 207 g/mol. The van der Waals surface area contributed by atoms with E-state index in [0.717, 1.165) is 5.56 Å². The predicted octanol–water partition coefficient (Wildman–Crippen LogP) is 2.10. The Morgan fingerprint density at radius 3 is 2.47 bits per heavy atom. The summed E-state index contributed by atoms with van der Waals surface area (Å²) in [6, 6.07) is 7.23. The van der Waals surface area contributed by atoms with E-state index in [1.54, 1.807) is 12.1 Å². The van der Waals surface area contributed by atoms with E-state index >= 15 is 0 Å². The third-order valence-corrected chi connectivity index (χ3v) is 1.86. The molecule has 0 spiro atoms. The average molecular weight is 207 g/mol. The van der Waals surface area contributed by atoms with Crippen LogP contribution >= 0.6 is 0 Å². The molecule has 0 unspecified atom stereocenters. The molecule has 3 heteroatoms. The van der Waals surface area contributed by atoms with Crippen molar-refractivity contribution in [3.05, 3.63) is 35.4 Å². The van der Waals surface area contributed by atoms with Crippen LogP contribution < -0.4 is 5.73 Å². The minimum absolute atomic E-state index is 0.316. The summed E-state index contributed by atoms with van der Waals surface area (Å²) in [4.78, 5) is 11.8. The van der Waals surface area contributed by atoms with Gasteiger partial charge >= 0.3 is 5.97 Å². The lowest BCUT2D eigenvalue weighted by molar-refractivity contribution is 0.00684. The van der Waals surface area contributed by atoms with E-state index in [-0.39, 0.29) is 5.97 Å². The van der Waals surface area contributed by atoms with Crippen LogP contribution in [-0.4, -0.2) is 11.6 Å². The molecule has 0 aliphatic rings. The summed E-state index contributed by atoms with van der Waals surface area (Å²) in [5.41, 5.74) is 6.43. The van der Waals surface area contributed by atoms with E-state index in [4.69, 9.17) is 10.5 Å². The lowest BCUT2D eigenvalue weighted by Crippen LogP contribution is -2.24. The van der Waals surface area contributed by atoms with Crippen LogP contribution in [0.4, 0.5) is 0 Å². The van der Waals surface area contributed by atoms with Crippen LogP contribution in [0.3, 0.4) is 0 Å². The first-order valence-corrected chi connectivity index (χ1v) is 4.95. The van der Waals surface area contributed by atoms with Crippen LogP contribution in [0, 0.1) is 0 Å². The van der Waals surface area contributed by atoms with Gasteiger partial charge in [0.05, 0.1) is 5.56 Å². The molecule has 0 aromatic heterocycles. The molecule has 2 N–H and O–H groups in total. The SMILES string of the molecule is CC(C)(C)OC(=O)c1ccccc1CN. The Hall–Kier alpha value is -1.35. The third-order valence-electron chi connectivity index (χ3n) is 1.86. The molecule has 15 heavy (non-hydrogen) atoms. The van der Waals surface area contributed by atoms with Crippen LogP contribution in [0.2, 0.25) is 0 Å². The van der Waals surface area contributed by atoms with Gasteiger partial charge in [-0.3, -0.25) is 0 Å². The molecule has 0 aliphatic heterocycles. The minimum Gasteiger partial charge on any atom is -0.456 e. The van der Waals surface area contributed by atoms with E-state index in [9.17, 15) is 4.79 Å². The van der Waals surface area contributed by atoms with Gasteiger partial charge in [-0.15, -0.1) is 0 Å². The van der Waals surface area contributed by atoms with Gasteiger partial charge in [0.15, 0.2) is 0 Å². The number of rotatable bonds is 2. The summed E-state index contributed by atoms with van der Waals surface area (Å²) in [6.07, 6.45) is 0. The second-order valence-electron chi connectivity index (χ2n) is 4.36. The molecular formula is C12H17NO2. The van der Waals surface area contributed by atoms with E-state index in [2.05, 4.69) is 0 Å². The molecule has 0 bridgehead atoms. The van der Waals surface area contributed by atoms with Crippen molar-refractivity contribution in [3.8, 4) is 0 Å². The van der Waals surface area contributed by atoms with Gasteiger partial charge in [0, 0.05) is 6.54 Å². The number of nitrogens with two attached hydrogens (primary N) is 1. The number of carbonyl (C=O) groups is 1. The Labute approximate surface area is 90.2 Å². The van der Waals surface area contributed by atoms with Crippen LogP contribution in [0.25, 0.3) is 0 Å². The van der Waals surface area contributed by atoms with Gasteiger partial charge in [0.1, 0.15) is 5.60 Å². The topological polar surface area (TPSA) is 52.3 Å². The summed E-state index contributed by atoms with van der Waals surface area (Å²) in [6.45, 7) is 5.87. The molecule has 0 aliphatic carbocycles. The second kappa shape index (κ2) is 4.45. The van der Waals surface area contributed by atoms with E-state index in [1.807, 2.05) is 32.9 Å². The number of carbonyl (C=O) groups excluding carboxylic acids is 1. The highest BCUT2D eigenvalue weighted by Gasteiger charge is 2.19. The minimum atomic E-state index is -0.473. The van der Waals surface area contributed by atoms with Crippen molar-refractivity contribution < 1.29 is 9.53 Å². The molecule has 1 aromatic carbocycles. The maximum atomic E-state index is 11.8. The molecule has 0 atom stereocenters. The molecule has 0 saturated heterocycles. The average Bonchev–Trinajstić information content (AvgIpc) is 2.15. The van der Waals surface area contributed by atoms with Gasteiger partial charge in [0.25, 0.3) is 0 Å². The van der Waals surface area contributed by atoms with Crippen LogP contribution in [0.5, 0.6) is 0 Å². The maximum Gasteiger partial charge on any atom is 0.338 e. The lowest BCUT2D eigenvalue weighted by Gasteiger charge is -2.20. The molecule has 82 valence electrons. The molecule has 0 amide bonds. The Morgan fingerprint density at radius 2 is 1.93 bits per heavy atom. The summed E-state index contributed by atoms with van der Waals surface area (Å²) >= 11 is 0. The van der Waals surface area contributed by atoms with Crippen molar-refractivity contribution in [2.24, 2.45) is 5.73 Å². The van der Waals surface area contributed by atoms with Crippen molar-refractivity contribution >= 4 is 5.97 Å². The highest BCUT2D eigenvalue weighted by atomic mass is 16.6. The van der Waals surface area contributed by atoms with Gasteiger partial charge < -0.3 is 10.5 Å². The summed E-state index contributed by atoms with van der Waals surface area (Å²) < 4.78 is 5.27. The number of hydrogen-bond donors (Lipinski definition) is 1. The molecule has 0 heterocycles. The first kappa shape index (κ1) is 11.7. The second-order valence-corrected chi connectivity index (χ2v) is 4.36. The van der Waals surface area contributed by atoms with E-state index in [0.29, 0.717) is 12.1 Å². The number of benzene rings is 1. The molecule has 3 nitrogen and oxygen atoms in total. The molecule has 1 aromatic rings. The van der Waals surface area contributed by atoms with Crippen molar-refractivity contribution in [2.75, 3.05) is 0 Å². The van der Waals surface area contributed by atoms with Gasteiger partial charge in [-0.1, -0.05) is 18.2 Å². The highest BCUT2D eigenvalue weighted by Crippen LogP contribution is 2.15. The zero-order chi connectivity index (χ0) is 11.5. The smallest absolute Gasteiger partial charge is 0.338 e. The largest absolute Gasteiger partial charge is 0.456 e. The summed E-state index contributed by atoms with van der Waals surface area (Å²) in [7, 11) is 0. The fraction of sp³-hybridized carbons (Fsp3) is 0.417. The third kappa shape index (κ3) is 3.36. The van der Waals surface area contributed by atoms with Gasteiger partial charge in [-0.05, 0) is 32.4 Å². The van der Waals surface area contributed by atoms with E-state index in [1.165, 1.54) is 0 Å². The van der Waals surface area contributed by atoms with Crippen molar-refractivity contribution in [3.63, 3.8) is 0 Å². The fourth-order valence-electron chi connectivity index (χ4n) is 1.23.